The van der Waals surface area contributed by atoms with Gasteiger partial charge in [0.25, 0.3) is 0 Å². The van der Waals surface area contributed by atoms with Crippen molar-refractivity contribution in [1.29, 1.82) is 5.26 Å². The molecule has 1 fully saturated rings. The third-order valence-corrected chi connectivity index (χ3v) is 4.53. The van der Waals surface area contributed by atoms with Crippen molar-refractivity contribution in [2.45, 2.75) is 71.9 Å². The number of nitrogens with zero attached hydrogens (tertiary/aromatic N) is 2. The van der Waals surface area contributed by atoms with Gasteiger partial charge in [-0.1, -0.05) is 13.3 Å². The molecule has 0 saturated heterocycles. The summed E-state index contributed by atoms with van der Waals surface area (Å²) in [6.45, 7) is 7.15. The summed E-state index contributed by atoms with van der Waals surface area (Å²) in [4.78, 5) is 12.3. The van der Waals surface area contributed by atoms with Gasteiger partial charge >= 0.3 is 5.97 Å². The van der Waals surface area contributed by atoms with Gasteiger partial charge in [0.1, 0.15) is 17.7 Å². The van der Waals surface area contributed by atoms with Gasteiger partial charge in [-0.05, 0) is 63.7 Å². The lowest BCUT2D eigenvalue weighted by molar-refractivity contribution is -0.145. The first-order chi connectivity index (χ1) is 11.1. The van der Waals surface area contributed by atoms with Gasteiger partial charge in [0.2, 0.25) is 0 Å². The van der Waals surface area contributed by atoms with Crippen LogP contribution in [0, 0.1) is 25.2 Å². The van der Waals surface area contributed by atoms with Crippen molar-refractivity contribution in [3.05, 3.63) is 28.6 Å². The molecule has 0 aliphatic heterocycles. The maximum Gasteiger partial charge on any atom is 0.349 e. The highest BCUT2D eigenvalue weighted by Gasteiger charge is 2.20. The summed E-state index contributed by atoms with van der Waals surface area (Å²) >= 11 is 0. The van der Waals surface area contributed by atoms with Crippen LogP contribution < -0.4 is 0 Å². The Morgan fingerprint density at radius 3 is 2.70 bits per heavy atom. The maximum absolute atomic E-state index is 12.3. The molecule has 1 heterocycles. The molecular weight excluding hydrogens is 288 g/mol. The summed E-state index contributed by atoms with van der Waals surface area (Å²) in [7, 11) is 0. The Morgan fingerprint density at radius 2 is 2.09 bits per heavy atom. The number of rotatable bonds is 5. The summed E-state index contributed by atoms with van der Waals surface area (Å²) in [6.07, 6.45) is 7.92. The van der Waals surface area contributed by atoms with Crippen LogP contribution >= 0.6 is 0 Å². The fraction of sp³-hybridized carbons (Fsp3) is 0.579. The number of nitriles is 1. The normalized spacial score (nSPS) is 16.2. The molecule has 0 aromatic carbocycles. The molecule has 0 bridgehead atoms. The number of hydrogen-bond acceptors (Lipinski definition) is 3. The van der Waals surface area contributed by atoms with Gasteiger partial charge in [0.15, 0.2) is 0 Å². The number of ether oxygens (including phenoxy) is 1. The molecule has 4 heteroatoms. The van der Waals surface area contributed by atoms with Gasteiger partial charge in [-0.2, -0.15) is 5.26 Å². The van der Waals surface area contributed by atoms with Crippen LogP contribution in [0.2, 0.25) is 0 Å². The van der Waals surface area contributed by atoms with Crippen LogP contribution in [0.3, 0.4) is 0 Å². The van der Waals surface area contributed by atoms with Gasteiger partial charge < -0.3 is 9.30 Å². The van der Waals surface area contributed by atoms with Crippen LogP contribution in [0.15, 0.2) is 11.6 Å². The zero-order valence-corrected chi connectivity index (χ0v) is 14.4. The highest BCUT2D eigenvalue weighted by atomic mass is 16.5. The SMILES string of the molecule is CCCn1c(C)cc(/C=C(/C#N)C(=O)OC2CCCCC2)c1C. The molecule has 0 N–H and O–H groups in total. The van der Waals surface area contributed by atoms with Gasteiger partial charge in [0, 0.05) is 17.9 Å². The number of hydrogen-bond donors (Lipinski definition) is 0. The average Bonchev–Trinajstić information content (AvgIpc) is 2.81. The highest BCUT2D eigenvalue weighted by Crippen LogP contribution is 2.23. The highest BCUT2D eigenvalue weighted by molar-refractivity contribution is 5.98. The van der Waals surface area contributed by atoms with Crippen LogP contribution in [0.4, 0.5) is 0 Å². The van der Waals surface area contributed by atoms with E-state index in [4.69, 9.17) is 4.74 Å². The smallest absolute Gasteiger partial charge is 0.349 e. The second kappa shape index (κ2) is 8.01. The minimum Gasteiger partial charge on any atom is -0.458 e. The Bertz CT molecular complexity index is 629. The number of esters is 1. The van der Waals surface area contributed by atoms with E-state index in [2.05, 4.69) is 11.5 Å². The largest absolute Gasteiger partial charge is 0.458 e. The molecular formula is C19H26N2O2. The lowest BCUT2D eigenvalue weighted by atomic mass is 9.98. The molecule has 1 aliphatic rings. The van der Waals surface area contributed by atoms with E-state index in [1.165, 1.54) is 6.42 Å². The second-order valence-electron chi connectivity index (χ2n) is 6.31. The van der Waals surface area contributed by atoms with Crippen molar-refractivity contribution in [3.8, 4) is 6.07 Å². The minimum atomic E-state index is -0.486. The Morgan fingerprint density at radius 1 is 1.39 bits per heavy atom. The third-order valence-electron chi connectivity index (χ3n) is 4.53. The first kappa shape index (κ1) is 17.3. The molecule has 1 aromatic heterocycles. The minimum absolute atomic E-state index is 0.0273. The number of aromatic nitrogens is 1. The van der Waals surface area contributed by atoms with Crippen LogP contribution in [-0.2, 0) is 16.1 Å². The number of carbonyl (C=O) groups is 1. The molecule has 1 saturated carbocycles. The zero-order chi connectivity index (χ0) is 16.8. The topological polar surface area (TPSA) is 55.0 Å². The van der Waals surface area contributed by atoms with E-state index in [9.17, 15) is 10.1 Å². The van der Waals surface area contributed by atoms with Gasteiger partial charge in [-0.15, -0.1) is 0 Å². The average molecular weight is 314 g/mol. The van der Waals surface area contributed by atoms with Gasteiger partial charge in [-0.3, -0.25) is 0 Å². The second-order valence-corrected chi connectivity index (χ2v) is 6.31. The van der Waals surface area contributed by atoms with Crippen LogP contribution in [0.25, 0.3) is 6.08 Å². The standard InChI is InChI=1S/C19H26N2O2/c1-4-10-21-14(2)11-16(15(21)3)12-17(13-20)19(22)23-18-8-6-5-7-9-18/h11-12,18H,4-10H2,1-3H3/b17-12-. The molecule has 0 amide bonds. The van der Waals surface area contributed by atoms with Gasteiger partial charge in [0.05, 0.1) is 0 Å². The van der Waals surface area contributed by atoms with Crippen LogP contribution in [-0.4, -0.2) is 16.6 Å². The van der Waals surface area contributed by atoms with Gasteiger partial charge in [-0.25, -0.2) is 4.79 Å². The predicted octanol–water partition coefficient (Wildman–Crippen LogP) is 4.30. The zero-order valence-electron chi connectivity index (χ0n) is 14.4. The van der Waals surface area contributed by atoms with E-state index in [-0.39, 0.29) is 11.7 Å². The summed E-state index contributed by atoms with van der Waals surface area (Å²) in [5, 5.41) is 9.33. The Balaban J connectivity index is 2.16. The van der Waals surface area contributed by atoms with Crippen molar-refractivity contribution in [2.75, 3.05) is 0 Å². The molecule has 0 atom stereocenters. The lowest BCUT2D eigenvalue weighted by Gasteiger charge is -2.21. The molecule has 23 heavy (non-hydrogen) atoms. The van der Waals surface area contributed by atoms with Crippen molar-refractivity contribution < 1.29 is 9.53 Å². The van der Waals surface area contributed by atoms with E-state index >= 15 is 0 Å². The first-order valence-corrected chi connectivity index (χ1v) is 8.56. The van der Waals surface area contributed by atoms with Crippen LogP contribution in [0.5, 0.6) is 0 Å². The number of carbonyl (C=O) groups excluding carboxylic acids is 1. The molecule has 1 aromatic rings. The van der Waals surface area contributed by atoms with Crippen molar-refractivity contribution in [1.82, 2.24) is 4.57 Å². The quantitative estimate of drug-likeness (QED) is 0.462. The molecule has 4 nitrogen and oxygen atoms in total. The fourth-order valence-electron chi connectivity index (χ4n) is 3.23. The molecule has 0 radical (unpaired) electrons. The van der Waals surface area contributed by atoms with Crippen molar-refractivity contribution in [3.63, 3.8) is 0 Å². The molecule has 124 valence electrons. The maximum atomic E-state index is 12.3. The van der Waals surface area contributed by atoms with E-state index in [1.54, 1.807) is 6.08 Å². The Labute approximate surface area is 138 Å². The Kier molecular flexibility index (Phi) is 6.04. The molecule has 2 rings (SSSR count). The fourth-order valence-corrected chi connectivity index (χ4v) is 3.23. The molecule has 0 unspecified atom stereocenters. The summed E-state index contributed by atoms with van der Waals surface area (Å²) in [6, 6.07) is 4.03. The molecule has 1 aliphatic carbocycles. The summed E-state index contributed by atoms with van der Waals surface area (Å²) in [5.41, 5.74) is 3.25. The van der Waals surface area contributed by atoms with Crippen LogP contribution in [0.1, 0.15) is 62.4 Å². The van der Waals surface area contributed by atoms with E-state index in [0.717, 1.165) is 55.6 Å². The summed E-state index contributed by atoms with van der Waals surface area (Å²) < 4.78 is 7.72. The molecule has 0 spiro atoms. The van der Waals surface area contributed by atoms with Crippen molar-refractivity contribution in [2.24, 2.45) is 0 Å². The van der Waals surface area contributed by atoms with E-state index in [0.29, 0.717) is 0 Å². The first-order valence-electron chi connectivity index (χ1n) is 8.56. The summed E-state index contributed by atoms with van der Waals surface area (Å²) in [5.74, 6) is -0.486. The Hall–Kier alpha value is -2.02. The monoisotopic (exact) mass is 314 g/mol. The predicted molar refractivity (Wildman–Crippen MR) is 90.8 cm³/mol. The van der Waals surface area contributed by atoms with Crippen molar-refractivity contribution >= 4 is 12.0 Å². The lowest BCUT2D eigenvalue weighted by Crippen LogP contribution is -2.21. The third kappa shape index (κ3) is 4.25. The number of aryl methyl sites for hydroxylation is 1. The van der Waals surface area contributed by atoms with E-state index < -0.39 is 5.97 Å². The van der Waals surface area contributed by atoms with E-state index in [1.807, 2.05) is 26.0 Å².